The number of anilines is 1. The lowest BCUT2D eigenvalue weighted by molar-refractivity contribution is -0.137. The molecule has 20 heavy (non-hydrogen) atoms. The van der Waals surface area contributed by atoms with E-state index in [4.69, 9.17) is 9.47 Å². The van der Waals surface area contributed by atoms with Gasteiger partial charge in [0, 0.05) is 18.3 Å². The Morgan fingerprint density at radius 1 is 1.15 bits per heavy atom. The summed E-state index contributed by atoms with van der Waals surface area (Å²) in [7, 11) is 3.21. The van der Waals surface area contributed by atoms with Crippen molar-refractivity contribution in [1.29, 1.82) is 0 Å². The fraction of sp³-hybridized carbons (Fsp3) is 0.533. The average Bonchev–Trinajstić information content (AvgIpc) is 2.52. The molecule has 2 heterocycles. The third-order valence-electron chi connectivity index (χ3n) is 4.40. The normalized spacial score (nSPS) is 20.7. The van der Waals surface area contributed by atoms with E-state index in [1.165, 1.54) is 0 Å². The Kier molecular flexibility index (Phi) is 3.30. The summed E-state index contributed by atoms with van der Waals surface area (Å²) >= 11 is 0. The number of benzene rings is 1. The summed E-state index contributed by atoms with van der Waals surface area (Å²) < 4.78 is 10.5. The topological polar surface area (TPSA) is 50.8 Å². The molecule has 0 aliphatic carbocycles. The second-order valence-electron chi connectivity index (χ2n) is 5.46. The first-order chi connectivity index (χ1) is 9.70. The van der Waals surface area contributed by atoms with Crippen molar-refractivity contribution in [2.24, 2.45) is 5.41 Å². The quantitative estimate of drug-likeness (QED) is 0.848. The molecule has 2 aliphatic rings. The van der Waals surface area contributed by atoms with Crippen LogP contribution < -0.4 is 19.7 Å². The van der Waals surface area contributed by atoms with Gasteiger partial charge in [0.2, 0.25) is 5.91 Å². The summed E-state index contributed by atoms with van der Waals surface area (Å²) in [5, 5.41) is 3.31. The van der Waals surface area contributed by atoms with Gasteiger partial charge in [-0.25, -0.2) is 0 Å². The highest BCUT2D eigenvalue weighted by Gasteiger charge is 2.52. The molecule has 0 atom stereocenters. The Morgan fingerprint density at radius 2 is 1.85 bits per heavy atom. The van der Waals surface area contributed by atoms with Crippen LogP contribution in [0.15, 0.2) is 18.2 Å². The van der Waals surface area contributed by atoms with Gasteiger partial charge in [0.15, 0.2) is 11.5 Å². The van der Waals surface area contributed by atoms with Crippen LogP contribution >= 0.6 is 0 Å². The number of rotatable bonds is 3. The first kappa shape index (κ1) is 13.2. The van der Waals surface area contributed by atoms with Crippen LogP contribution in [0.25, 0.3) is 0 Å². The minimum Gasteiger partial charge on any atom is -0.493 e. The van der Waals surface area contributed by atoms with Gasteiger partial charge in [0.1, 0.15) is 0 Å². The highest BCUT2D eigenvalue weighted by atomic mass is 16.5. The zero-order chi connectivity index (χ0) is 14.2. The van der Waals surface area contributed by atoms with Crippen LogP contribution in [-0.2, 0) is 4.79 Å². The Morgan fingerprint density at radius 3 is 2.45 bits per heavy atom. The van der Waals surface area contributed by atoms with Gasteiger partial charge in [-0.2, -0.15) is 0 Å². The fourth-order valence-electron chi connectivity index (χ4n) is 3.12. The van der Waals surface area contributed by atoms with Crippen LogP contribution in [0.1, 0.15) is 12.8 Å². The van der Waals surface area contributed by atoms with Gasteiger partial charge in [-0.05, 0) is 38.1 Å². The van der Waals surface area contributed by atoms with Gasteiger partial charge in [-0.15, -0.1) is 0 Å². The van der Waals surface area contributed by atoms with Gasteiger partial charge in [-0.1, -0.05) is 0 Å². The van der Waals surface area contributed by atoms with Crippen molar-refractivity contribution >= 4 is 11.6 Å². The fourth-order valence-corrected chi connectivity index (χ4v) is 3.12. The van der Waals surface area contributed by atoms with Crippen molar-refractivity contribution in [2.45, 2.75) is 12.8 Å². The second kappa shape index (κ2) is 4.98. The van der Waals surface area contributed by atoms with Gasteiger partial charge < -0.3 is 19.7 Å². The molecule has 1 N–H and O–H groups in total. The van der Waals surface area contributed by atoms with Gasteiger partial charge in [-0.3, -0.25) is 4.79 Å². The number of hydrogen-bond acceptors (Lipinski definition) is 4. The molecule has 108 valence electrons. The Hall–Kier alpha value is -1.75. The standard InChI is InChI=1S/C15H20N2O3/c1-19-12-4-3-11(9-13(12)20-2)17-10-15(14(17)18)5-7-16-8-6-15/h3-4,9,16H,5-8,10H2,1-2H3. The lowest BCUT2D eigenvalue weighted by Gasteiger charge is -2.50. The first-order valence-corrected chi connectivity index (χ1v) is 6.95. The largest absolute Gasteiger partial charge is 0.493 e. The van der Waals surface area contributed by atoms with E-state index in [-0.39, 0.29) is 11.3 Å². The predicted molar refractivity (Wildman–Crippen MR) is 76.4 cm³/mol. The molecule has 1 amide bonds. The molecule has 5 nitrogen and oxygen atoms in total. The van der Waals surface area contributed by atoms with Crippen molar-refractivity contribution in [3.8, 4) is 11.5 Å². The second-order valence-corrected chi connectivity index (χ2v) is 5.46. The molecule has 0 radical (unpaired) electrons. The number of piperidine rings is 1. The zero-order valence-corrected chi connectivity index (χ0v) is 11.9. The van der Waals surface area contributed by atoms with Crippen LogP contribution in [0.4, 0.5) is 5.69 Å². The van der Waals surface area contributed by atoms with Crippen LogP contribution in [0.2, 0.25) is 0 Å². The van der Waals surface area contributed by atoms with E-state index in [0.29, 0.717) is 11.5 Å². The van der Waals surface area contributed by atoms with Crippen molar-refractivity contribution in [3.63, 3.8) is 0 Å². The van der Waals surface area contributed by atoms with Crippen molar-refractivity contribution in [2.75, 3.05) is 38.8 Å². The van der Waals surface area contributed by atoms with E-state index in [1.54, 1.807) is 14.2 Å². The molecule has 2 saturated heterocycles. The molecule has 5 heteroatoms. The molecule has 1 aromatic rings. The van der Waals surface area contributed by atoms with Crippen LogP contribution in [0.3, 0.4) is 0 Å². The van der Waals surface area contributed by atoms with E-state index in [1.807, 2.05) is 23.1 Å². The molecule has 1 spiro atoms. The number of methoxy groups -OCH3 is 2. The minimum atomic E-state index is -0.127. The van der Waals surface area contributed by atoms with Crippen LogP contribution in [0.5, 0.6) is 11.5 Å². The summed E-state index contributed by atoms with van der Waals surface area (Å²) in [4.78, 5) is 14.4. The van der Waals surface area contributed by atoms with Crippen LogP contribution in [0, 0.1) is 5.41 Å². The van der Waals surface area contributed by atoms with Gasteiger partial charge in [0.05, 0.1) is 19.6 Å². The highest BCUT2D eigenvalue weighted by Crippen LogP contribution is 2.44. The van der Waals surface area contributed by atoms with E-state index in [2.05, 4.69) is 5.32 Å². The predicted octanol–water partition coefficient (Wildman–Crippen LogP) is 1.42. The molecule has 2 fully saturated rings. The number of ether oxygens (including phenoxy) is 2. The molecule has 0 unspecified atom stereocenters. The summed E-state index contributed by atoms with van der Waals surface area (Å²) in [5.41, 5.74) is 0.759. The summed E-state index contributed by atoms with van der Waals surface area (Å²) in [6.07, 6.45) is 1.88. The first-order valence-electron chi connectivity index (χ1n) is 6.95. The minimum absolute atomic E-state index is 0.127. The van der Waals surface area contributed by atoms with Gasteiger partial charge in [0.25, 0.3) is 0 Å². The summed E-state index contributed by atoms with van der Waals surface area (Å²) in [5.74, 6) is 1.58. The summed E-state index contributed by atoms with van der Waals surface area (Å²) in [6.45, 7) is 2.68. The van der Waals surface area contributed by atoms with E-state index in [0.717, 1.165) is 38.2 Å². The molecule has 1 aromatic carbocycles. The van der Waals surface area contributed by atoms with E-state index >= 15 is 0 Å². The lowest BCUT2D eigenvalue weighted by Crippen LogP contribution is -2.64. The average molecular weight is 276 g/mol. The number of nitrogens with zero attached hydrogens (tertiary/aromatic N) is 1. The van der Waals surface area contributed by atoms with E-state index in [9.17, 15) is 4.79 Å². The Labute approximate surface area is 118 Å². The molecular weight excluding hydrogens is 256 g/mol. The van der Waals surface area contributed by atoms with Crippen LogP contribution in [-0.4, -0.2) is 39.8 Å². The number of β-lactam (4-membered cyclic amide) rings is 1. The molecule has 2 aliphatic heterocycles. The third-order valence-corrected chi connectivity index (χ3v) is 4.40. The van der Waals surface area contributed by atoms with Gasteiger partial charge >= 0.3 is 0 Å². The maximum atomic E-state index is 12.5. The molecular formula is C15H20N2O3. The Balaban J connectivity index is 1.80. The number of amides is 1. The number of nitrogens with one attached hydrogen (secondary N) is 1. The van der Waals surface area contributed by atoms with Crippen molar-refractivity contribution in [3.05, 3.63) is 18.2 Å². The molecule has 0 bridgehead atoms. The SMILES string of the molecule is COc1ccc(N2CC3(CCNCC3)C2=O)cc1OC. The monoisotopic (exact) mass is 276 g/mol. The summed E-state index contributed by atoms with van der Waals surface area (Å²) in [6, 6.07) is 5.62. The number of carbonyl (C=O) groups excluding carboxylic acids is 1. The maximum Gasteiger partial charge on any atom is 0.235 e. The van der Waals surface area contributed by atoms with E-state index < -0.39 is 0 Å². The molecule has 0 aromatic heterocycles. The maximum absolute atomic E-state index is 12.5. The molecule has 3 rings (SSSR count). The zero-order valence-electron chi connectivity index (χ0n) is 11.9. The Bertz CT molecular complexity index is 524. The number of carbonyl (C=O) groups is 1. The smallest absolute Gasteiger partial charge is 0.235 e. The van der Waals surface area contributed by atoms with Crippen molar-refractivity contribution in [1.82, 2.24) is 5.32 Å². The lowest BCUT2D eigenvalue weighted by atomic mass is 9.71. The van der Waals surface area contributed by atoms with Crippen molar-refractivity contribution < 1.29 is 14.3 Å². The third kappa shape index (κ3) is 1.93. The molecule has 0 saturated carbocycles. The number of hydrogen-bond donors (Lipinski definition) is 1. The highest BCUT2D eigenvalue weighted by molar-refractivity contribution is 6.04.